The molecule has 2 aromatic carbocycles. The van der Waals surface area contributed by atoms with Gasteiger partial charge in [-0.25, -0.2) is 4.39 Å². The van der Waals surface area contributed by atoms with Crippen LogP contribution in [0.2, 0.25) is 5.02 Å². The van der Waals surface area contributed by atoms with Crippen molar-refractivity contribution in [3.05, 3.63) is 58.9 Å². The summed E-state index contributed by atoms with van der Waals surface area (Å²) in [6.45, 7) is 4.97. The van der Waals surface area contributed by atoms with Crippen LogP contribution in [0.25, 0.3) is 0 Å². The van der Waals surface area contributed by atoms with E-state index in [1.807, 2.05) is 18.2 Å². The van der Waals surface area contributed by atoms with Crippen LogP contribution in [-0.4, -0.2) is 6.04 Å². The summed E-state index contributed by atoms with van der Waals surface area (Å²) in [6.07, 6.45) is 0. The maximum absolute atomic E-state index is 12.9. The Bertz CT molecular complexity index is 569. The summed E-state index contributed by atoms with van der Waals surface area (Å²) in [5.41, 5.74) is 1.09. The molecule has 0 unspecified atom stereocenters. The maximum Gasteiger partial charge on any atom is 0.123 e. The summed E-state index contributed by atoms with van der Waals surface area (Å²) in [7, 11) is 0. The van der Waals surface area contributed by atoms with Crippen molar-refractivity contribution in [2.24, 2.45) is 0 Å². The quantitative estimate of drug-likeness (QED) is 0.822. The zero-order valence-electron chi connectivity index (χ0n) is 11.5. The average Bonchev–Trinajstić information content (AvgIpc) is 2.40. The van der Waals surface area contributed by atoms with Crippen LogP contribution in [0.1, 0.15) is 19.4 Å². The molecule has 0 aliphatic carbocycles. The van der Waals surface area contributed by atoms with Crippen LogP contribution in [0.4, 0.5) is 4.39 Å². The van der Waals surface area contributed by atoms with Gasteiger partial charge in [0.1, 0.15) is 5.82 Å². The van der Waals surface area contributed by atoms with Crippen LogP contribution in [0, 0.1) is 5.82 Å². The highest BCUT2D eigenvalue weighted by molar-refractivity contribution is 7.99. The molecular weight excluding hydrogens is 293 g/mol. The molecule has 0 saturated carbocycles. The highest BCUT2D eigenvalue weighted by Gasteiger charge is 2.04. The highest BCUT2D eigenvalue weighted by Crippen LogP contribution is 2.30. The molecule has 1 nitrogen and oxygen atoms in total. The van der Waals surface area contributed by atoms with Gasteiger partial charge in [-0.15, -0.1) is 0 Å². The molecular formula is C16H17ClFNS. The Morgan fingerprint density at radius 3 is 2.35 bits per heavy atom. The standard InChI is InChI=1S/C16H17ClFNS/c1-11(2)19-10-12-3-6-15(9-16(12)17)20-14-7-4-13(18)5-8-14/h3-9,11,19H,10H2,1-2H3. The van der Waals surface area contributed by atoms with Crippen molar-refractivity contribution < 1.29 is 4.39 Å². The van der Waals surface area contributed by atoms with Gasteiger partial charge in [0.15, 0.2) is 0 Å². The van der Waals surface area contributed by atoms with Crippen molar-refractivity contribution in [2.75, 3.05) is 0 Å². The first-order valence-electron chi connectivity index (χ1n) is 6.50. The van der Waals surface area contributed by atoms with E-state index in [9.17, 15) is 4.39 Å². The van der Waals surface area contributed by atoms with Gasteiger partial charge in [0.2, 0.25) is 0 Å². The predicted molar refractivity (Wildman–Crippen MR) is 84.0 cm³/mol. The van der Waals surface area contributed by atoms with E-state index in [-0.39, 0.29) is 5.82 Å². The van der Waals surface area contributed by atoms with Crippen LogP contribution in [0.5, 0.6) is 0 Å². The largest absolute Gasteiger partial charge is 0.310 e. The Labute approximate surface area is 128 Å². The molecule has 2 aromatic rings. The van der Waals surface area contributed by atoms with E-state index >= 15 is 0 Å². The molecule has 0 bridgehead atoms. The second kappa shape index (κ2) is 7.11. The van der Waals surface area contributed by atoms with E-state index in [0.717, 1.165) is 26.9 Å². The van der Waals surface area contributed by atoms with Gasteiger partial charge < -0.3 is 5.32 Å². The van der Waals surface area contributed by atoms with Gasteiger partial charge >= 0.3 is 0 Å². The van der Waals surface area contributed by atoms with Crippen molar-refractivity contribution in [1.29, 1.82) is 0 Å². The molecule has 106 valence electrons. The molecule has 4 heteroatoms. The fraction of sp³-hybridized carbons (Fsp3) is 0.250. The predicted octanol–water partition coefficient (Wildman–Crippen LogP) is 5.13. The number of benzene rings is 2. The van der Waals surface area contributed by atoms with Crippen molar-refractivity contribution in [2.45, 2.75) is 36.2 Å². The number of halogens is 2. The summed E-state index contributed by atoms with van der Waals surface area (Å²) >= 11 is 7.86. The smallest absolute Gasteiger partial charge is 0.123 e. The molecule has 0 heterocycles. The lowest BCUT2D eigenvalue weighted by Crippen LogP contribution is -2.21. The molecule has 0 aliphatic rings. The van der Waals surface area contributed by atoms with E-state index in [2.05, 4.69) is 19.2 Å². The van der Waals surface area contributed by atoms with Gasteiger partial charge in [-0.05, 0) is 42.0 Å². The lowest BCUT2D eigenvalue weighted by atomic mass is 10.2. The Morgan fingerprint density at radius 1 is 1.10 bits per heavy atom. The van der Waals surface area contributed by atoms with E-state index < -0.39 is 0 Å². The summed E-state index contributed by atoms with van der Waals surface area (Å²) in [5.74, 6) is -0.220. The second-order valence-electron chi connectivity index (χ2n) is 4.84. The van der Waals surface area contributed by atoms with Crippen LogP contribution in [0.3, 0.4) is 0 Å². The van der Waals surface area contributed by atoms with Crippen molar-refractivity contribution >= 4 is 23.4 Å². The van der Waals surface area contributed by atoms with Crippen molar-refractivity contribution in [3.63, 3.8) is 0 Å². The minimum absolute atomic E-state index is 0.220. The molecule has 0 fully saturated rings. The van der Waals surface area contributed by atoms with Crippen LogP contribution in [0.15, 0.2) is 52.3 Å². The first-order valence-corrected chi connectivity index (χ1v) is 7.69. The van der Waals surface area contributed by atoms with E-state index in [1.165, 1.54) is 12.1 Å². The fourth-order valence-corrected chi connectivity index (χ4v) is 2.86. The lowest BCUT2D eigenvalue weighted by Gasteiger charge is -2.10. The fourth-order valence-electron chi connectivity index (χ4n) is 1.69. The van der Waals surface area contributed by atoms with Crippen molar-refractivity contribution in [1.82, 2.24) is 5.32 Å². The minimum Gasteiger partial charge on any atom is -0.310 e. The average molecular weight is 310 g/mol. The molecule has 0 radical (unpaired) electrons. The van der Waals surface area contributed by atoms with E-state index in [0.29, 0.717) is 6.04 Å². The maximum atomic E-state index is 12.9. The molecule has 0 spiro atoms. The molecule has 0 atom stereocenters. The molecule has 2 rings (SSSR count). The third-order valence-electron chi connectivity index (χ3n) is 2.77. The van der Waals surface area contributed by atoms with Gasteiger partial charge in [0.25, 0.3) is 0 Å². The first kappa shape index (κ1) is 15.4. The summed E-state index contributed by atoms with van der Waals surface area (Å²) in [4.78, 5) is 2.05. The Hall–Kier alpha value is -1.03. The number of rotatable bonds is 5. The summed E-state index contributed by atoms with van der Waals surface area (Å²) in [5, 5.41) is 4.10. The van der Waals surface area contributed by atoms with E-state index in [4.69, 9.17) is 11.6 Å². The van der Waals surface area contributed by atoms with Gasteiger partial charge in [-0.2, -0.15) is 0 Å². The molecule has 0 amide bonds. The third-order valence-corrected chi connectivity index (χ3v) is 4.12. The molecule has 0 saturated heterocycles. The first-order chi connectivity index (χ1) is 9.54. The van der Waals surface area contributed by atoms with Crippen molar-refractivity contribution in [3.8, 4) is 0 Å². The van der Waals surface area contributed by atoms with Gasteiger partial charge in [0, 0.05) is 27.4 Å². The topological polar surface area (TPSA) is 12.0 Å². The highest BCUT2D eigenvalue weighted by atomic mass is 35.5. The normalized spacial score (nSPS) is 11.1. The van der Waals surface area contributed by atoms with E-state index in [1.54, 1.807) is 23.9 Å². The zero-order valence-corrected chi connectivity index (χ0v) is 13.1. The number of hydrogen-bond acceptors (Lipinski definition) is 2. The van der Waals surface area contributed by atoms with Crippen LogP contribution < -0.4 is 5.32 Å². The number of nitrogens with one attached hydrogen (secondary N) is 1. The second-order valence-corrected chi connectivity index (χ2v) is 6.40. The molecule has 20 heavy (non-hydrogen) atoms. The molecule has 0 aromatic heterocycles. The molecule has 1 N–H and O–H groups in total. The Kier molecular flexibility index (Phi) is 5.46. The Balaban J connectivity index is 2.06. The third kappa shape index (κ3) is 4.51. The van der Waals surface area contributed by atoms with Crippen LogP contribution in [-0.2, 0) is 6.54 Å². The van der Waals surface area contributed by atoms with Gasteiger partial charge in [0.05, 0.1) is 0 Å². The zero-order chi connectivity index (χ0) is 14.5. The monoisotopic (exact) mass is 309 g/mol. The lowest BCUT2D eigenvalue weighted by molar-refractivity contribution is 0.589. The summed E-state index contributed by atoms with van der Waals surface area (Å²) in [6, 6.07) is 12.9. The van der Waals surface area contributed by atoms with Crippen LogP contribution >= 0.6 is 23.4 Å². The Morgan fingerprint density at radius 2 is 1.75 bits per heavy atom. The summed E-state index contributed by atoms with van der Waals surface area (Å²) < 4.78 is 12.9. The number of hydrogen-bond donors (Lipinski definition) is 1. The SMILES string of the molecule is CC(C)NCc1ccc(Sc2ccc(F)cc2)cc1Cl. The van der Waals surface area contributed by atoms with Gasteiger partial charge in [-0.1, -0.05) is 43.3 Å². The van der Waals surface area contributed by atoms with Gasteiger partial charge in [-0.3, -0.25) is 0 Å². The minimum atomic E-state index is -0.220. The molecule has 0 aliphatic heterocycles.